The number of halogens is 1. The van der Waals surface area contributed by atoms with Crippen LogP contribution in [0.3, 0.4) is 0 Å². The van der Waals surface area contributed by atoms with Crippen molar-refractivity contribution in [1.29, 1.82) is 0 Å². The molecule has 8 nitrogen and oxygen atoms in total. The lowest BCUT2D eigenvalue weighted by atomic mass is 10.2. The zero-order valence-corrected chi connectivity index (χ0v) is 18.8. The minimum Gasteiger partial charge on any atom is -0.495 e. The van der Waals surface area contributed by atoms with Gasteiger partial charge in [0.1, 0.15) is 5.75 Å². The topological polar surface area (TPSA) is 114 Å². The number of sulfonamides is 1. The normalized spacial score (nSPS) is 10.8. The Hall–Kier alpha value is -3.56. The van der Waals surface area contributed by atoms with E-state index in [4.69, 9.17) is 16.3 Å². The predicted molar refractivity (Wildman–Crippen MR) is 124 cm³/mol. The van der Waals surface area contributed by atoms with Crippen LogP contribution in [-0.2, 0) is 14.8 Å². The van der Waals surface area contributed by atoms with Gasteiger partial charge in [-0.15, -0.1) is 0 Å². The van der Waals surface area contributed by atoms with E-state index in [9.17, 15) is 18.0 Å². The van der Waals surface area contributed by atoms with Crippen LogP contribution in [0.25, 0.3) is 0 Å². The van der Waals surface area contributed by atoms with Gasteiger partial charge in [-0.25, -0.2) is 8.42 Å². The third-order valence-corrected chi connectivity index (χ3v) is 5.87. The zero-order chi connectivity index (χ0) is 23.3. The molecule has 166 valence electrons. The van der Waals surface area contributed by atoms with Crippen molar-refractivity contribution in [3.63, 3.8) is 0 Å². The molecule has 32 heavy (non-hydrogen) atoms. The van der Waals surface area contributed by atoms with E-state index >= 15 is 0 Å². The summed E-state index contributed by atoms with van der Waals surface area (Å²) in [6.45, 7) is 1.35. The molecule has 0 saturated carbocycles. The van der Waals surface area contributed by atoms with E-state index in [0.29, 0.717) is 16.3 Å². The van der Waals surface area contributed by atoms with E-state index in [2.05, 4.69) is 15.4 Å². The van der Waals surface area contributed by atoms with Crippen molar-refractivity contribution in [2.75, 3.05) is 22.5 Å². The highest BCUT2D eigenvalue weighted by atomic mass is 35.5. The molecule has 0 fully saturated rings. The number of rotatable bonds is 7. The van der Waals surface area contributed by atoms with Crippen molar-refractivity contribution in [3.8, 4) is 5.75 Å². The van der Waals surface area contributed by atoms with Gasteiger partial charge in [0.15, 0.2) is 0 Å². The maximum atomic E-state index is 12.9. The second-order valence-corrected chi connectivity index (χ2v) is 8.81. The van der Waals surface area contributed by atoms with Crippen LogP contribution in [0.1, 0.15) is 17.3 Å². The molecule has 0 aromatic heterocycles. The number of hydrogen-bond donors (Lipinski definition) is 3. The molecule has 0 spiro atoms. The van der Waals surface area contributed by atoms with Crippen molar-refractivity contribution in [3.05, 3.63) is 77.3 Å². The minimum atomic E-state index is -4.00. The van der Waals surface area contributed by atoms with Crippen LogP contribution in [-0.4, -0.2) is 27.3 Å². The maximum Gasteiger partial charge on any atom is 0.261 e. The lowest BCUT2D eigenvalue weighted by molar-refractivity contribution is -0.114. The number of benzene rings is 3. The molecule has 0 radical (unpaired) electrons. The van der Waals surface area contributed by atoms with Crippen molar-refractivity contribution >= 4 is 50.5 Å². The van der Waals surface area contributed by atoms with Gasteiger partial charge in [0.05, 0.1) is 23.4 Å². The lowest BCUT2D eigenvalue weighted by Crippen LogP contribution is -2.16. The summed E-state index contributed by atoms with van der Waals surface area (Å²) < 4.78 is 33.5. The van der Waals surface area contributed by atoms with Gasteiger partial charge in [0.25, 0.3) is 15.9 Å². The zero-order valence-electron chi connectivity index (χ0n) is 17.2. The molecule has 3 aromatic rings. The molecular formula is C22H20ClN3O5S. The summed E-state index contributed by atoms with van der Waals surface area (Å²) in [5.41, 5.74) is 1.19. The molecule has 3 aromatic carbocycles. The number of hydrogen-bond acceptors (Lipinski definition) is 5. The molecule has 0 heterocycles. The molecule has 0 saturated heterocycles. The second kappa shape index (κ2) is 9.71. The van der Waals surface area contributed by atoms with E-state index in [1.54, 1.807) is 36.4 Å². The van der Waals surface area contributed by atoms with Crippen LogP contribution in [0.15, 0.2) is 71.6 Å². The SMILES string of the molecule is COc1ccc(S(=O)(=O)Nc2cccc(NC(C)=O)c2)cc1NC(=O)c1cccc(Cl)c1. The summed E-state index contributed by atoms with van der Waals surface area (Å²) in [5, 5.41) is 5.63. The Morgan fingerprint density at radius 2 is 1.62 bits per heavy atom. The molecule has 3 N–H and O–H groups in total. The number of nitrogens with one attached hydrogen (secondary N) is 3. The Morgan fingerprint density at radius 3 is 2.31 bits per heavy atom. The van der Waals surface area contributed by atoms with Crippen molar-refractivity contribution in [1.82, 2.24) is 0 Å². The summed E-state index contributed by atoms with van der Waals surface area (Å²) in [6.07, 6.45) is 0. The minimum absolute atomic E-state index is 0.0929. The van der Waals surface area contributed by atoms with Crippen LogP contribution in [0.4, 0.5) is 17.1 Å². The smallest absolute Gasteiger partial charge is 0.261 e. The van der Waals surface area contributed by atoms with E-state index in [-0.39, 0.29) is 27.9 Å². The molecule has 0 atom stereocenters. The van der Waals surface area contributed by atoms with E-state index in [0.717, 1.165) is 0 Å². The Labute approximate surface area is 190 Å². The van der Waals surface area contributed by atoms with Gasteiger partial charge in [0.2, 0.25) is 5.91 Å². The number of amides is 2. The molecule has 3 rings (SSSR count). The second-order valence-electron chi connectivity index (χ2n) is 6.69. The highest BCUT2D eigenvalue weighted by Crippen LogP contribution is 2.29. The quantitative estimate of drug-likeness (QED) is 0.471. The number of carbonyl (C=O) groups excluding carboxylic acids is 2. The van der Waals surface area contributed by atoms with Crippen LogP contribution < -0.4 is 20.1 Å². The van der Waals surface area contributed by atoms with E-state index in [1.165, 1.54) is 44.4 Å². The first-order valence-electron chi connectivity index (χ1n) is 9.33. The van der Waals surface area contributed by atoms with Gasteiger partial charge in [-0.2, -0.15) is 0 Å². The summed E-state index contributed by atoms with van der Waals surface area (Å²) in [4.78, 5) is 23.7. The van der Waals surface area contributed by atoms with Crippen LogP contribution >= 0.6 is 11.6 Å². The van der Waals surface area contributed by atoms with Crippen LogP contribution in [0.2, 0.25) is 5.02 Å². The summed E-state index contributed by atoms with van der Waals surface area (Å²) >= 11 is 5.94. The lowest BCUT2D eigenvalue weighted by Gasteiger charge is -2.14. The molecule has 0 aliphatic carbocycles. The fraction of sp³-hybridized carbons (Fsp3) is 0.0909. The fourth-order valence-corrected chi connectivity index (χ4v) is 4.12. The first kappa shape index (κ1) is 23.1. The summed E-state index contributed by atoms with van der Waals surface area (Å²) in [5.74, 6) is -0.469. The van der Waals surface area contributed by atoms with Crippen molar-refractivity contribution in [2.24, 2.45) is 0 Å². The molecular weight excluding hydrogens is 454 g/mol. The molecule has 0 unspecified atom stereocenters. The predicted octanol–water partition coefficient (Wildman–Crippen LogP) is 4.36. The third kappa shape index (κ3) is 5.77. The summed E-state index contributed by atoms with van der Waals surface area (Å²) in [6, 6.07) is 16.7. The average molecular weight is 474 g/mol. The number of methoxy groups -OCH3 is 1. The van der Waals surface area contributed by atoms with Gasteiger partial charge < -0.3 is 15.4 Å². The maximum absolute atomic E-state index is 12.9. The summed E-state index contributed by atoms with van der Waals surface area (Å²) in [7, 11) is -2.60. The van der Waals surface area contributed by atoms with Crippen molar-refractivity contribution < 1.29 is 22.7 Å². The molecule has 0 bridgehead atoms. The Bertz CT molecular complexity index is 1280. The number of carbonyl (C=O) groups is 2. The van der Waals surface area contributed by atoms with Crippen molar-refractivity contribution in [2.45, 2.75) is 11.8 Å². The molecule has 0 aliphatic heterocycles. The van der Waals surface area contributed by atoms with Gasteiger partial charge in [-0.3, -0.25) is 14.3 Å². The molecule has 2 amide bonds. The molecule has 0 aliphatic rings. The van der Waals surface area contributed by atoms with E-state index < -0.39 is 15.9 Å². The highest BCUT2D eigenvalue weighted by Gasteiger charge is 2.19. The Kier molecular flexibility index (Phi) is 7.01. The van der Waals surface area contributed by atoms with E-state index in [1.807, 2.05) is 0 Å². The Balaban J connectivity index is 1.88. The monoisotopic (exact) mass is 473 g/mol. The average Bonchev–Trinajstić information content (AvgIpc) is 2.73. The first-order valence-corrected chi connectivity index (χ1v) is 11.2. The fourth-order valence-electron chi connectivity index (χ4n) is 2.85. The number of ether oxygens (including phenoxy) is 1. The van der Waals surface area contributed by atoms with Gasteiger partial charge in [-0.05, 0) is 54.6 Å². The number of anilines is 3. The van der Waals surface area contributed by atoms with Crippen LogP contribution in [0, 0.1) is 0 Å². The van der Waals surface area contributed by atoms with Gasteiger partial charge >= 0.3 is 0 Å². The standard InChI is InChI=1S/C22H20ClN3O5S/c1-14(27)24-17-7-4-8-18(12-17)26-32(29,30)19-9-10-21(31-2)20(13-19)25-22(28)15-5-3-6-16(23)11-15/h3-13,26H,1-2H3,(H,24,27)(H,25,28). The molecule has 10 heteroatoms. The third-order valence-electron chi connectivity index (χ3n) is 4.25. The van der Waals surface area contributed by atoms with Gasteiger partial charge in [-0.1, -0.05) is 23.7 Å². The van der Waals surface area contributed by atoms with Gasteiger partial charge in [0, 0.05) is 23.2 Å². The van der Waals surface area contributed by atoms with Crippen LogP contribution in [0.5, 0.6) is 5.75 Å². The Morgan fingerprint density at radius 1 is 0.906 bits per heavy atom. The first-order chi connectivity index (χ1) is 15.2. The largest absolute Gasteiger partial charge is 0.495 e. The highest BCUT2D eigenvalue weighted by molar-refractivity contribution is 7.92.